The van der Waals surface area contributed by atoms with E-state index >= 15 is 0 Å². The van der Waals surface area contributed by atoms with E-state index in [0.29, 0.717) is 0 Å². The van der Waals surface area contributed by atoms with E-state index in [2.05, 4.69) is 5.32 Å². The van der Waals surface area contributed by atoms with E-state index in [-0.39, 0.29) is 43.7 Å². The largest absolute Gasteiger partial charge is 0.389 e. The molecule has 1 unspecified atom stereocenters. The first-order valence-corrected chi connectivity index (χ1v) is 6.52. The molecular formula is C12H17F3N2O2. The van der Waals surface area contributed by atoms with Crippen molar-refractivity contribution in [1.29, 1.82) is 0 Å². The molecule has 0 aromatic carbocycles. The number of halogens is 3. The highest BCUT2D eigenvalue weighted by Crippen LogP contribution is 2.34. The van der Waals surface area contributed by atoms with Gasteiger partial charge in [0, 0.05) is 13.0 Å². The number of carbonyl (C=O) groups excluding carboxylic acids is 2. The van der Waals surface area contributed by atoms with Crippen LogP contribution in [0, 0.1) is 5.92 Å². The fourth-order valence-corrected chi connectivity index (χ4v) is 2.30. The van der Waals surface area contributed by atoms with E-state index < -0.39 is 18.6 Å². The summed E-state index contributed by atoms with van der Waals surface area (Å²) >= 11 is 0. The molecule has 0 aromatic rings. The SMILES string of the molecule is O=C1CN(CCCCC(F)(F)F)C(=O)C(C2CC2)N1. The average molecular weight is 278 g/mol. The minimum Gasteiger partial charge on any atom is -0.342 e. The Morgan fingerprint density at radius 3 is 2.47 bits per heavy atom. The van der Waals surface area contributed by atoms with Crippen LogP contribution in [0.3, 0.4) is 0 Å². The van der Waals surface area contributed by atoms with Crippen molar-refractivity contribution in [2.45, 2.75) is 44.3 Å². The molecule has 2 rings (SSSR count). The van der Waals surface area contributed by atoms with Crippen molar-refractivity contribution in [3.05, 3.63) is 0 Å². The average Bonchev–Trinajstić information content (AvgIpc) is 3.11. The van der Waals surface area contributed by atoms with E-state index in [0.717, 1.165) is 12.8 Å². The minimum atomic E-state index is -4.15. The summed E-state index contributed by atoms with van der Waals surface area (Å²) < 4.78 is 36.0. The van der Waals surface area contributed by atoms with Crippen molar-refractivity contribution in [1.82, 2.24) is 10.2 Å². The van der Waals surface area contributed by atoms with Crippen molar-refractivity contribution >= 4 is 11.8 Å². The zero-order chi connectivity index (χ0) is 14.0. The van der Waals surface area contributed by atoms with Crippen molar-refractivity contribution in [2.75, 3.05) is 13.1 Å². The summed E-state index contributed by atoms with van der Waals surface area (Å²) in [5, 5.41) is 2.66. The van der Waals surface area contributed by atoms with Crippen LogP contribution in [-0.2, 0) is 9.59 Å². The van der Waals surface area contributed by atoms with Gasteiger partial charge in [-0.05, 0) is 31.6 Å². The Balaban J connectivity index is 1.78. The summed E-state index contributed by atoms with van der Waals surface area (Å²) in [7, 11) is 0. The molecule has 7 heteroatoms. The van der Waals surface area contributed by atoms with Crippen LogP contribution in [0.2, 0.25) is 0 Å². The predicted octanol–water partition coefficient (Wildman–Crippen LogP) is 1.46. The lowest BCUT2D eigenvalue weighted by atomic mass is 10.1. The van der Waals surface area contributed by atoms with Crippen LogP contribution < -0.4 is 5.32 Å². The van der Waals surface area contributed by atoms with Gasteiger partial charge < -0.3 is 10.2 Å². The Morgan fingerprint density at radius 2 is 1.89 bits per heavy atom. The van der Waals surface area contributed by atoms with E-state index in [1.54, 1.807) is 0 Å². The Kier molecular flexibility index (Phi) is 4.01. The Hall–Kier alpha value is -1.27. The van der Waals surface area contributed by atoms with Crippen molar-refractivity contribution < 1.29 is 22.8 Å². The van der Waals surface area contributed by atoms with Gasteiger partial charge in [0.25, 0.3) is 0 Å². The molecule has 19 heavy (non-hydrogen) atoms. The third-order valence-corrected chi connectivity index (χ3v) is 3.46. The molecule has 1 atom stereocenters. The van der Waals surface area contributed by atoms with Crippen molar-refractivity contribution in [3.63, 3.8) is 0 Å². The van der Waals surface area contributed by atoms with E-state index in [4.69, 9.17) is 0 Å². The van der Waals surface area contributed by atoms with Gasteiger partial charge in [0.15, 0.2) is 0 Å². The van der Waals surface area contributed by atoms with Gasteiger partial charge in [0.05, 0.1) is 6.54 Å². The number of hydrogen-bond donors (Lipinski definition) is 1. The van der Waals surface area contributed by atoms with Gasteiger partial charge in [0.1, 0.15) is 6.04 Å². The van der Waals surface area contributed by atoms with Gasteiger partial charge in [-0.15, -0.1) is 0 Å². The molecule has 0 aromatic heterocycles. The normalized spacial score (nSPS) is 24.6. The van der Waals surface area contributed by atoms with Crippen molar-refractivity contribution in [2.24, 2.45) is 5.92 Å². The van der Waals surface area contributed by atoms with Crippen LogP contribution in [-0.4, -0.2) is 42.0 Å². The third kappa shape index (κ3) is 4.11. The van der Waals surface area contributed by atoms with Crippen LogP contribution in [0.15, 0.2) is 0 Å². The molecule has 1 saturated heterocycles. The predicted molar refractivity (Wildman–Crippen MR) is 61.1 cm³/mol. The summed E-state index contributed by atoms with van der Waals surface area (Å²) in [6.07, 6.45) is -2.87. The molecule has 4 nitrogen and oxygen atoms in total. The van der Waals surface area contributed by atoms with Gasteiger partial charge >= 0.3 is 6.18 Å². The number of hydrogen-bond acceptors (Lipinski definition) is 2. The second kappa shape index (κ2) is 5.38. The first-order valence-electron chi connectivity index (χ1n) is 6.52. The Labute approximate surface area is 109 Å². The smallest absolute Gasteiger partial charge is 0.342 e. The molecule has 1 heterocycles. The lowest BCUT2D eigenvalue weighted by Gasteiger charge is -2.32. The molecule has 1 aliphatic carbocycles. The number of nitrogens with one attached hydrogen (secondary N) is 1. The first kappa shape index (κ1) is 14.1. The highest BCUT2D eigenvalue weighted by atomic mass is 19.4. The van der Waals surface area contributed by atoms with E-state index in [1.165, 1.54) is 4.90 Å². The maximum Gasteiger partial charge on any atom is 0.389 e. The van der Waals surface area contributed by atoms with Crippen molar-refractivity contribution in [3.8, 4) is 0 Å². The molecule has 2 fully saturated rings. The third-order valence-electron chi connectivity index (χ3n) is 3.46. The van der Waals surface area contributed by atoms with Crippen LogP contribution in [0.25, 0.3) is 0 Å². The Bertz CT molecular complexity index is 366. The van der Waals surface area contributed by atoms with E-state index in [1.807, 2.05) is 0 Å². The fourth-order valence-electron chi connectivity index (χ4n) is 2.30. The number of alkyl halides is 3. The lowest BCUT2D eigenvalue weighted by Crippen LogP contribution is -2.58. The molecule has 2 aliphatic rings. The second-order valence-corrected chi connectivity index (χ2v) is 5.21. The number of unbranched alkanes of at least 4 members (excludes halogenated alkanes) is 1. The van der Waals surface area contributed by atoms with Crippen LogP contribution in [0.5, 0.6) is 0 Å². The van der Waals surface area contributed by atoms with Gasteiger partial charge in [-0.25, -0.2) is 0 Å². The number of piperazine rings is 1. The fraction of sp³-hybridized carbons (Fsp3) is 0.833. The summed E-state index contributed by atoms with van der Waals surface area (Å²) in [4.78, 5) is 24.9. The second-order valence-electron chi connectivity index (χ2n) is 5.21. The van der Waals surface area contributed by atoms with Gasteiger partial charge in [-0.2, -0.15) is 13.2 Å². The summed E-state index contributed by atoms with van der Waals surface area (Å²) in [6.45, 7) is 0.194. The van der Waals surface area contributed by atoms with Gasteiger partial charge in [-0.1, -0.05) is 0 Å². The van der Waals surface area contributed by atoms with E-state index in [9.17, 15) is 22.8 Å². The topological polar surface area (TPSA) is 49.4 Å². The summed E-state index contributed by atoms with van der Waals surface area (Å²) in [5.41, 5.74) is 0. The highest BCUT2D eigenvalue weighted by molar-refractivity contribution is 5.95. The van der Waals surface area contributed by atoms with Crippen LogP contribution >= 0.6 is 0 Å². The molecular weight excluding hydrogens is 261 g/mol. The molecule has 1 N–H and O–H groups in total. The van der Waals surface area contributed by atoms with Gasteiger partial charge in [0.2, 0.25) is 11.8 Å². The molecule has 2 amide bonds. The molecule has 0 spiro atoms. The molecule has 108 valence electrons. The standard InChI is InChI=1S/C12H17F3N2O2/c13-12(14,15)5-1-2-6-17-7-9(18)16-10(11(17)19)8-3-4-8/h8,10H,1-7H2,(H,16,18). The summed E-state index contributed by atoms with van der Waals surface area (Å²) in [5.74, 6) is -0.143. The monoisotopic (exact) mass is 278 g/mol. The molecule has 1 saturated carbocycles. The quantitative estimate of drug-likeness (QED) is 0.774. The van der Waals surface area contributed by atoms with Crippen LogP contribution in [0.4, 0.5) is 13.2 Å². The number of rotatable bonds is 5. The maximum atomic E-state index is 12.0. The molecule has 0 radical (unpaired) electrons. The van der Waals surface area contributed by atoms with Gasteiger partial charge in [-0.3, -0.25) is 9.59 Å². The Morgan fingerprint density at radius 1 is 1.21 bits per heavy atom. The number of carbonyl (C=O) groups is 2. The highest BCUT2D eigenvalue weighted by Gasteiger charge is 2.42. The zero-order valence-corrected chi connectivity index (χ0v) is 10.5. The first-order chi connectivity index (χ1) is 8.87. The van der Waals surface area contributed by atoms with Crippen LogP contribution in [0.1, 0.15) is 32.1 Å². The number of amides is 2. The molecule has 1 aliphatic heterocycles. The molecule has 0 bridgehead atoms. The lowest BCUT2D eigenvalue weighted by molar-refractivity contribution is -0.145. The zero-order valence-electron chi connectivity index (χ0n) is 10.5. The summed E-state index contributed by atoms with van der Waals surface area (Å²) in [6, 6.07) is -0.455. The maximum absolute atomic E-state index is 12.0. The minimum absolute atomic E-state index is 0.0109. The number of nitrogens with zero attached hydrogens (tertiary/aromatic N) is 1.